The van der Waals surface area contributed by atoms with Gasteiger partial charge in [0.05, 0.1) is 22.7 Å². The fraction of sp³-hybridized carbons (Fsp3) is 0.500. The molecular weight excluding hydrogens is 612 g/mol. The number of nitrogens with one attached hydrogen (secondary N) is 1. The van der Waals surface area contributed by atoms with E-state index in [-0.39, 0.29) is 29.8 Å². The summed E-state index contributed by atoms with van der Waals surface area (Å²) in [7, 11) is 0. The largest absolute Gasteiger partial charge is 0.507 e. The summed E-state index contributed by atoms with van der Waals surface area (Å²) in [5, 5.41) is 11.2. The number of para-hydroxylation sites is 1. The smallest absolute Gasteiger partial charge is 0.410 e. The number of likely N-dealkylation sites (tertiary alicyclic amines) is 1. The predicted molar refractivity (Wildman–Crippen MR) is 181 cm³/mol. The molecule has 0 aliphatic carbocycles. The fourth-order valence-electron chi connectivity index (χ4n) is 7.71. The number of aromatic hydroxyl groups is 1. The van der Waals surface area contributed by atoms with E-state index in [1.54, 1.807) is 15.7 Å². The van der Waals surface area contributed by atoms with Crippen LogP contribution in [0.1, 0.15) is 48.4 Å². The van der Waals surface area contributed by atoms with Crippen molar-refractivity contribution >= 4 is 33.9 Å². The van der Waals surface area contributed by atoms with Crippen molar-refractivity contribution in [3.63, 3.8) is 0 Å². The molecule has 5 heterocycles. The second kappa shape index (κ2) is 13.6. The first-order chi connectivity index (χ1) is 23.3. The van der Waals surface area contributed by atoms with Crippen LogP contribution in [0.5, 0.6) is 5.75 Å². The maximum Gasteiger partial charge on any atom is 0.410 e. The molecule has 0 saturated carbocycles. The van der Waals surface area contributed by atoms with Crippen LogP contribution in [-0.2, 0) is 20.7 Å². The topological polar surface area (TPSA) is 133 Å². The Kier molecular flexibility index (Phi) is 9.11. The monoisotopic (exact) mass is 656 g/mol. The van der Waals surface area contributed by atoms with Crippen LogP contribution in [0.2, 0.25) is 0 Å². The lowest BCUT2D eigenvalue weighted by Crippen LogP contribution is -2.55. The number of amides is 2. The number of H-pyrrole nitrogens is 1. The summed E-state index contributed by atoms with van der Waals surface area (Å²) < 4.78 is 13.3. The molecule has 12 heteroatoms. The number of nitrogens with zero attached hydrogens (tertiary/aromatic N) is 5. The number of rotatable bonds is 6. The highest BCUT2D eigenvalue weighted by Gasteiger charge is 2.35. The average Bonchev–Trinajstić information content (AvgIpc) is 3.46. The van der Waals surface area contributed by atoms with Crippen molar-refractivity contribution in [3.8, 4) is 5.75 Å². The molecule has 3 fully saturated rings. The number of carbonyl (C=O) groups excluding carboxylic acids is 2. The second-order valence-corrected chi connectivity index (χ2v) is 13.4. The second-order valence-electron chi connectivity index (χ2n) is 13.4. The van der Waals surface area contributed by atoms with E-state index in [1.165, 1.54) is 0 Å². The molecule has 48 heavy (non-hydrogen) atoms. The van der Waals surface area contributed by atoms with Crippen LogP contribution in [0.4, 0.5) is 4.79 Å². The number of hydrogen-bond acceptors (Lipinski definition) is 8. The summed E-state index contributed by atoms with van der Waals surface area (Å²) in [4.78, 5) is 54.3. The van der Waals surface area contributed by atoms with E-state index < -0.39 is 12.2 Å². The number of pyridine rings is 1. The summed E-state index contributed by atoms with van der Waals surface area (Å²) in [6.45, 7) is 8.70. The van der Waals surface area contributed by atoms with Gasteiger partial charge in [0.2, 0.25) is 0 Å². The van der Waals surface area contributed by atoms with Crippen molar-refractivity contribution in [2.24, 2.45) is 0 Å². The molecule has 3 aliphatic rings. The fourth-order valence-corrected chi connectivity index (χ4v) is 7.71. The van der Waals surface area contributed by atoms with E-state index in [1.807, 2.05) is 55.1 Å². The molecule has 7 rings (SSSR count). The minimum Gasteiger partial charge on any atom is -0.507 e. The molecule has 1 atom stereocenters. The van der Waals surface area contributed by atoms with Gasteiger partial charge in [-0.15, -0.1) is 0 Å². The molecule has 4 aromatic rings. The number of phenolic OH excluding ortho intramolecular Hbond substituents is 1. The molecule has 12 nitrogen and oxygen atoms in total. The Hall–Kier alpha value is -4.42. The lowest BCUT2D eigenvalue weighted by molar-refractivity contribution is -0.143. The first-order valence-electron chi connectivity index (χ1n) is 17.1. The minimum absolute atomic E-state index is 0.106. The highest BCUT2D eigenvalue weighted by molar-refractivity contribution is 6.01. The predicted octanol–water partition coefficient (Wildman–Crippen LogP) is 3.91. The first-order valence-corrected chi connectivity index (χ1v) is 17.1. The maximum atomic E-state index is 14.0. The summed E-state index contributed by atoms with van der Waals surface area (Å²) in [6, 6.07) is 11.8. The molecular formula is C36H44N6O6. The molecule has 0 spiro atoms. The van der Waals surface area contributed by atoms with Crippen molar-refractivity contribution in [2.75, 3.05) is 52.5 Å². The third-order valence-electron chi connectivity index (χ3n) is 10.4. The van der Waals surface area contributed by atoms with Crippen molar-refractivity contribution in [1.82, 2.24) is 29.2 Å². The lowest BCUT2D eigenvalue weighted by atomic mass is 10.00. The third kappa shape index (κ3) is 6.38. The number of benzene rings is 2. The summed E-state index contributed by atoms with van der Waals surface area (Å²) in [5.41, 5.74) is 4.40. The summed E-state index contributed by atoms with van der Waals surface area (Å²) >= 11 is 0. The van der Waals surface area contributed by atoms with Crippen LogP contribution in [0.15, 0.2) is 47.4 Å². The molecule has 3 saturated heterocycles. The number of aryl methyl sites for hydroxylation is 2. The molecule has 0 unspecified atom stereocenters. The molecule has 2 N–H and O–H groups in total. The highest BCUT2D eigenvalue weighted by atomic mass is 16.6. The zero-order valence-corrected chi connectivity index (χ0v) is 27.7. The number of hydrogen-bond donors (Lipinski definition) is 2. The summed E-state index contributed by atoms with van der Waals surface area (Å²) in [6.07, 6.45) is 3.58. The van der Waals surface area contributed by atoms with Crippen LogP contribution in [0.3, 0.4) is 0 Å². The number of imidazole rings is 1. The van der Waals surface area contributed by atoms with E-state index in [0.717, 1.165) is 66.6 Å². The zero-order valence-electron chi connectivity index (χ0n) is 27.7. The maximum absolute atomic E-state index is 14.0. The number of carbonyl (C=O) groups is 2. The van der Waals surface area contributed by atoms with Crippen LogP contribution in [0.25, 0.3) is 21.9 Å². The van der Waals surface area contributed by atoms with Gasteiger partial charge in [0, 0.05) is 76.4 Å². The van der Waals surface area contributed by atoms with Crippen LogP contribution >= 0.6 is 0 Å². The molecule has 2 aromatic heterocycles. The van der Waals surface area contributed by atoms with Gasteiger partial charge < -0.3 is 29.4 Å². The Morgan fingerprint density at radius 1 is 0.958 bits per heavy atom. The molecule has 2 aromatic carbocycles. The lowest BCUT2D eigenvalue weighted by Gasteiger charge is -2.41. The van der Waals surface area contributed by atoms with Gasteiger partial charge in [0.1, 0.15) is 5.75 Å². The van der Waals surface area contributed by atoms with Gasteiger partial charge in [-0.3, -0.25) is 19.2 Å². The van der Waals surface area contributed by atoms with E-state index in [0.29, 0.717) is 56.2 Å². The van der Waals surface area contributed by atoms with Gasteiger partial charge in [0.15, 0.2) is 6.10 Å². The van der Waals surface area contributed by atoms with E-state index >= 15 is 0 Å². The van der Waals surface area contributed by atoms with Gasteiger partial charge in [-0.1, -0.05) is 30.3 Å². The molecule has 3 aliphatic heterocycles. The van der Waals surface area contributed by atoms with Crippen LogP contribution in [0, 0.1) is 13.8 Å². The Morgan fingerprint density at radius 2 is 1.65 bits per heavy atom. The zero-order chi connectivity index (χ0) is 33.4. The van der Waals surface area contributed by atoms with Crippen LogP contribution < -0.4 is 5.69 Å². The Balaban J connectivity index is 1.04. The first kappa shape index (κ1) is 32.1. The molecule has 2 amide bonds. The Morgan fingerprint density at radius 3 is 2.35 bits per heavy atom. The van der Waals surface area contributed by atoms with Gasteiger partial charge in [-0.25, -0.2) is 9.59 Å². The average molecular weight is 657 g/mol. The number of piperazine rings is 1. The number of fused-ring (bicyclic) bond motifs is 3. The standard InChI is InChI=1S/C36H44N6O6/c1-23-19-25(20-24(2)33(23)43)21-31(34(44)40-15-13-39(14-16-40)26-9-17-47-18-10-26)48-36(46)41-11-7-27(8-12-41)42-30-22-37-29-6-4-3-5-28(29)32(30)38-35(42)45/h3-6,19-20,22,26-27,31,43H,7-18,21H2,1-2H3,(H,38,45)/t31-/m1/s1. The van der Waals surface area contributed by atoms with Gasteiger partial charge >= 0.3 is 11.8 Å². The number of phenols is 1. The number of piperidine rings is 1. The van der Waals surface area contributed by atoms with E-state index in [9.17, 15) is 19.5 Å². The third-order valence-corrected chi connectivity index (χ3v) is 10.4. The van der Waals surface area contributed by atoms with Crippen molar-refractivity contribution < 1.29 is 24.2 Å². The molecule has 0 bridgehead atoms. The van der Waals surface area contributed by atoms with Gasteiger partial charge in [-0.05, 0) is 62.3 Å². The van der Waals surface area contributed by atoms with E-state index in [2.05, 4.69) is 14.9 Å². The number of aromatic amines is 1. The normalized spacial score (nSPS) is 19.2. The molecule has 0 radical (unpaired) electrons. The number of ether oxygens (including phenoxy) is 2. The minimum atomic E-state index is -0.996. The number of aromatic nitrogens is 3. The van der Waals surface area contributed by atoms with Crippen LogP contribution in [-0.4, -0.2) is 111 Å². The van der Waals surface area contributed by atoms with Gasteiger partial charge in [-0.2, -0.15) is 0 Å². The Bertz CT molecular complexity index is 1840. The highest BCUT2D eigenvalue weighted by Crippen LogP contribution is 2.29. The van der Waals surface area contributed by atoms with Crippen molar-refractivity contribution in [2.45, 2.75) is 64.1 Å². The van der Waals surface area contributed by atoms with E-state index in [4.69, 9.17) is 9.47 Å². The SMILES string of the molecule is Cc1cc(C[C@@H](OC(=O)N2CCC(n3c(=O)[nH]c4c5ccccc5ncc43)CC2)C(=O)N2CCN(C3CCOCC3)CC2)cc(C)c1O. The van der Waals surface area contributed by atoms with Gasteiger partial charge in [0.25, 0.3) is 5.91 Å². The molecule has 254 valence electrons. The quantitative estimate of drug-likeness (QED) is 0.319. The Labute approximate surface area is 279 Å². The summed E-state index contributed by atoms with van der Waals surface area (Å²) in [5.74, 6) is 0.0299. The van der Waals surface area contributed by atoms with Crippen molar-refractivity contribution in [3.05, 3.63) is 69.8 Å². The van der Waals surface area contributed by atoms with Crippen molar-refractivity contribution in [1.29, 1.82) is 0 Å².